The number of carbonyl (C=O) groups excluding carboxylic acids is 1. The van der Waals surface area contributed by atoms with Crippen molar-refractivity contribution in [1.82, 2.24) is 4.98 Å². The Hall–Kier alpha value is -2.26. The van der Waals surface area contributed by atoms with Gasteiger partial charge in [0.05, 0.1) is 31.5 Å². The van der Waals surface area contributed by atoms with Gasteiger partial charge in [0.15, 0.2) is 16.7 Å². The van der Waals surface area contributed by atoms with Gasteiger partial charge in [0.25, 0.3) is 5.91 Å². The number of halogens is 2. The van der Waals surface area contributed by atoms with Crippen molar-refractivity contribution in [3.63, 3.8) is 0 Å². The number of aryl methyl sites for hydroxylation is 2. The zero-order valence-corrected chi connectivity index (χ0v) is 19.9. The molecule has 2 aliphatic carbocycles. The zero-order valence-electron chi connectivity index (χ0n) is 19.1. The third-order valence-electron chi connectivity index (χ3n) is 7.01. The number of nitrogens with zero attached hydrogens (tertiary/aromatic N) is 2. The van der Waals surface area contributed by atoms with Crippen molar-refractivity contribution in [3.05, 3.63) is 34.1 Å². The van der Waals surface area contributed by atoms with Crippen molar-refractivity contribution in [2.75, 3.05) is 37.1 Å². The van der Waals surface area contributed by atoms with Crippen LogP contribution >= 0.6 is 11.3 Å². The molecule has 3 aliphatic rings. The molecule has 0 spiro atoms. The highest BCUT2D eigenvalue weighted by Gasteiger charge is 2.47. The van der Waals surface area contributed by atoms with Crippen LogP contribution in [0.15, 0.2) is 12.1 Å². The minimum absolute atomic E-state index is 0.0700. The molecule has 2 unspecified atom stereocenters. The van der Waals surface area contributed by atoms with E-state index < -0.39 is 18.4 Å². The molecule has 0 radical (unpaired) electrons. The molecule has 0 bridgehead atoms. The maximum absolute atomic E-state index is 14.8. The smallest absolute Gasteiger partial charge is 0.275 e. The molecule has 9 heteroatoms. The van der Waals surface area contributed by atoms with Crippen molar-refractivity contribution < 1.29 is 23.0 Å². The molecule has 33 heavy (non-hydrogen) atoms. The third kappa shape index (κ3) is 4.45. The Labute approximate surface area is 196 Å². The molecule has 3 fully saturated rings. The largest absolute Gasteiger partial charge is 0.487 e. The summed E-state index contributed by atoms with van der Waals surface area (Å²) in [5.74, 6) is 0.788. The molecule has 5 rings (SSSR count). The number of hydrogen-bond donors (Lipinski definition) is 1. The standard InChI is InChI=1S/C24H29F2N3O3S/c1-13-6-16(10-18(26)21(13)32-17-8-14-7-15(14)9-17)27-22(30)20-19(4-5-25)33-23(28-20)29-11-24(2,12-29)31-3/h6,10,14-15,17H,4-5,7-9,11-12H2,1-3H3,(H,27,30). The summed E-state index contributed by atoms with van der Waals surface area (Å²) in [6.45, 7) is 4.51. The number of carbonyl (C=O) groups is 1. The lowest BCUT2D eigenvalue weighted by Gasteiger charge is -2.46. The molecule has 1 aromatic heterocycles. The minimum Gasteiger partial charge on any atom is -0.487 e. The highest BCUT2D eigenvalue weighted by Crippen LogP contribution is 2.52. The fourth-order valence-electron chi connectivity index (χ4n) is 5.00. The maximum atomic E-state index is 14.8. The summed E-state index contributed by atoms with van der Waals surface area (Å²) < 4.78 is 39.4. The normalized spacial score (nSPS) is 24.9. The average molecular weight is 478 g/mol. The van der Waals surface area contributed by atoms with E-state index in [2.05, 4.69) is 10.3 Å². The SMILES string of the molecule is COC1(C)CN(c2nc(C(=O)Nc3cc(C)c(OC4CC5CC5C4)c(F)c3)c(CCF)s2)C1. The number of rotatable bonds is 8. The second-order valence-electron chi connectivity index (χ2n) is 9.74. The molecule has 1 N–H and O–H groups in total. The van der Waals surface area contributed by atoms with E-state index in [1.165, 1.54) is 23.8 Å². The molecule has 1 saturated heterocycles. The number of benzene rings is 1. The molecular formula is C24H29F2N3O3S. The molecule has 2 aromatic rings. The first-order valence-corrected chi connectivity index (χ1v) is 12.2. The van der Waals surface area contributed by atoms with Crippen LogP contribution < -0.4 is 15.0 Å². The molecule has 1 aromatic carbocycles. The number of thiazole rings is 1. The van der Waals surface area contributed by atoms with Gasteiger partial charge in [0.1, 0.15) is 5.69 Å². The van der Waals surface area contributed by atoms with Gasteiger partial charge in [-0.3, -0.25) is 9.18 Å². The Balaban J connectivity index is 1.29. The van der Waals surface area contributed by atoms with Crippen LogP contribution in [0.3, 0.4) is 0 Å². The number of alkyl halides is 1. The Morgan fingerprint density at radius 2 is 2.03 bits per heavy atom. The summed E-state index contributed by atoms with van der Waals surface area (Å²) in [6, 6.07) is 2.98. The Kier molecular flexibility index (Phi) is 5.81. The van der Waals surface area contributed by atoms with Gasteiger partial charge in [-0.05, 0) is 56.6 Å². The first kappa shape index (κ1) is 22.5. The van der Waals surface area contributed by atoms with Crippen LogP contribution in [0.25, 0.3) is 0 Å². The predicted molar refractivity (Wildman–Crippen MR) is 124 cm³/mol. The lowest BCUT2D eigenvalue weighted by atomic mass is 9.97. The van der Waals surface area contributed by atoms with E-state index >= 15 is 0 Å². The molecular weight excluding hydrogens is 448 g/mol. The Bertz CT molecular complexity index is 1040. The summed E-state index contributed by atoms with van der Waals surface area (Å²) in [5.41, 5.74) is 0.898. The lowest BCUT2D eigenvalue weighted by Crippen LogP contribution is -2.61. The topological polar surface area (TPSA) is 63.7 Å². The summed E-state index contributed by atoms with van der Waals surface area (Å²) >= 11 is 1.31. The number of aromatic nitrogens is 1. The first-order valence-electron chi connectivity index (χ1n) is 11.4. The number of ether oxygens (including phenoxy) is 2. The van der Waals surface area contributed by atoms with Gasteiger partial charge >= 0.3 is 0 Å². The van der Waals surface area contributed by atoms with Crippen LogP contribution in [0.1, 0.15) is 47.1 Å². The molecule has 2 saturated carbocycles. The fourth-order valence-corrected chi connectivity index (χ4v) is 6.03. The van der Waals surface area contributed by atoms with Gasteiger partial charge < -0.3 is 19.7 Å². The Morgan fingerprint density at radius 3 is 2.67 bits per heavy atom. The molecule has 178 valence electrons. The molecule has 1 amide bonds. The van der Waals surface area contributed by atoms with Crippen LogP contribution in [0.4, 0.5) is 19.6 Å². The van der Waals surface area contributed by atoms with Crippen molar-refractivity contribution in [2.45, 2.75) is 51.2 Å². The number of fused-ring (bicyclic) bond motifs is 1. The number of nitrogens with one attached hydrogen (secondary N) is 1. The van der Waals surface area contributed by atoms with Crippen LogP contribution in [0.2, 0.25) is 0 Å². The van der Waals surface area contributed by atoms with E-state index in [0.29, 0.717) is 34.3 Å². The highest BCUT2D eigenvalue weighted by molar-refractivity contribution is 7.16. The molecule has 2 heterocycles. The lowest BCUT2D eigenvalue weighted by molar-refractivity contribution is -0.0167. The fraction of sp³-hybridized carbons (Fsp3) is 0.583. The Morgan fingerprint density at radius 1 is 1.30 bits per heavy atom. The minimum atomic E-state index is -0.583. The van der Waals surface area contributed by atoms with Gasteiger partial charge in [-0.2, -0.15) is 0 Å². The summed E-state index contributed by atoms with van der Waals surface area (Å²) in [4.78, 5) is 20.0. The first-order chi connectivity index (χ1) is 15.8. The van der Waals surface area contributed by atoms with E-state index in [4.69, 9.17) is 9.47 Å². The van der Waals surface area contributed by atoms with Gasteiger partial charge in [0, 0.05) is 30.2 Å². The van der Waals surface area contributed by atoms with Gasteiger partial charge in [-0.15, -0.1) is 11.3 Å². The molecule has 6 nitrogen and oxygen atoms in total. The second kappa shape index (κ2) is 8.51. The van der Waals surface area contributed by atoms with E-state index in [9.17, 15) is 13.6 Å². The highest BCUT2D eigenvalue weighted by atomic mass is 32.1. The van der Waals surface area contributed by atoms with E-state index in [0.717, 1.165) is 24.7 Å². The summed E-state index contributed by atoms with van der Waals surface area (Å²) in [6.07, 6.45) is 3.44. The van der Waals surface area contributed by atoms with Crippen molar-refractivity contribution in [1.29, 1.82) is 0 Å². The van der Waals surface area contributed by atoms with Crippen LogP contribution in [-0.2, 0) is 11.2 Å². The second-order valence-corrected chi connectivity index (χ2v) is 10.8. The maximum Gasteiger partial charge on any atom is 0.275 e. The van der Waals surface area contributed by atoms with E-state index in [-0.39, 0.29) is 29.6 Å². The van der Waals surface area contributed by atoms with Gasteiger partial charge in [-0.25, -0.2) is 9.37 Å². The van der Waals surface area contributed by atoms with Gasteiger partial charge in [0.2, 0.25) is 0 Å². The molecule has 1 aliphatic heterocycles. The number of amides is 1. The number of hydrogen-bond acceptors (Lipinski definition) is 6. The van der Waals surface area contributed by atoms with E-state index in [1.807, 2.05) is 11.8 Å². The van der Waals surface area contributed by atoms with Crippen molar-refractivity contribution in [3.8, 4) is 5.75 Å². The summed E-state index contributed by atoms with van der Waals surface area (Å²) in [7, 11) is 1.67. The monoisotopic (exact) mass is 477 g/mol. The van der Waals surface area contributed by atoms with Gasteiger partial charge in [-0.1, -0.05) is 0 Å². The van der Waals surface area contributed by atoms with Crippen LogP contribution in [-0.4, -0.2) is 49.5 Å². The van der Waals surface area contributed by atoms with Crippen LogP contribution in [0.5, 0.6) is 5.75 Å². The summed E-state index contributed by atoms with van der Waals surface area (Å²) in [5, 5.41) is 3.40. The average Bonchev–Trinajstić information content (AvgIpc) is 3.16. The van der Waals surface area contributed by atoms with E-state index in [1.54, 1.807) is 20.1 Å². The number of anilines is 2. The quantitative estimate of drug-likeness (QED) is 0.594. The van der Waals surface area contributed by atoms with Crippen LogP contribution in [0, 0.1) is 24.6 Å². The zero-order chi connectivity index (χ0) is 23.3. The van der Waals surface area contributed by atoms with Crippen molar-refractivity contribution >= 4 is 28.1 Å². The third-order valence-corrected chi connectivity index (χ3v) is 8.18. The van der Waals surface area contributed by atoms with Crippen molar-refractivity contribution in [2.24, 2.45) is 11.8 Å². The predicted octanol–water partition coefficient (Wildman–Crippen LogP) is 4.76. The molecule has 2 atom stereocenters. The number of methoxy groups -OCH3 is 1.